The fraction of sp³-hybridized carbons (Fsp3) is 0.333. The largest absolute Gasteiger partial charge is 0.457 e. The average Bonchev–Trinajstić information content (AvgIpc) is 3.47. The zero-order valence-electron chi connectivity index (χ0n) is 22.5. The summed E-state index contributed by atoms with van der Waals surface area (Å²) in [6.45, 7) is 7.74. The van der Waals surface area contributed by atoms with Gasteiger partial charge in [-0.1, -0.05) is 20.8 Å². The number of anilines is 2. The summed E-state index contributed by atoms with van der Waals surface area (Å²) in [6.07, 6.45) is 5.31. The Morgan fingerprint density at radius 3 is 2.55 bits per heavy atom. The van der Waals surface area contributed by atoms with Crippen molar-refractivity contribution in [3.8, 4) is 22.8 Å². The Bertz CT molecular complexity index is 1420. The molecule has 0 bridgehead atoms. The topological polar surface area (TPSA) is 102 Å². The van der Waals surface area contributed by atoms with E-state index in [9.17, 15) is 9.18 Å². The highest BCUT2D eigenvalue weighted by Gasteiger charge is 2.20. The molecule has 0 radical (unpaired) electrons. The van der Waals surface area contributed by atoms with Gasteiger partial charge in [-0.15, -0.1) is 0 Å². The van der Waals surface area contributed by atoms with E-state index in [-0.39, 0.29) is 16.9 Å². The monoisotopic (exact) mass is 520 g/mol. The number of nitrogens with one attached hydrogen (secondary N) is 2. The van der Waals surface area contributed by atoms with E-state index >= 15 is 0 Å². The Balaban J connectivity index is 1.40. The third-order valence-corrected chi connectivity index (χ3v) is 5.75. The van der Waals surface area contributed by atoms with Gasteiger partial charge in [0.2, 0.25) is 0 Å². The van der Waals surface area contributed by atoms with Crippen LogP contribution in [0.3, 0.4) is 0 Å². The van der Waals surface area contributed by atoms with Gasteiger partial charge in [0.15, 0.2) is 0 Å². The van der Waals surface area contributed by atoms with Crippen molar-refractivity contribution in [1.82, 2.24) is 29.4 Å². The van der Waals surface area contributed by atoms with Crippen molar-refractivity contribution in [2.24, 2.45) is 7.05 Å². The lowest BCUT2D eigenvalue weighted by Crippen LogP contribution is -2.21. The van der Waals surface area contributed by atoms with Crippen molar-refractivity contribution in [2.75, 3.05) is 31.3 Å². The molecule has 0 atom stereocenters. The number of urea groups is 1. The highest BCUT2D eigenvalue weighted by molar-refractivity contribution is 5.99. The number of halogens is 1. The normalized spacial score (nSPS) is 11.6. The van der Waals surface area contributed by atoms with Gasteiger partial charge in [-0.05, 0) is 32.3 Å². The number of benzene rings is 1. The van der Waals surface area contributed by atoms with Crippen molar-refractivity contribution in [3.05, 3.63) is 66.5 Å². The maximum Gasteiger partial charge on any atom is 0.324 e. The van der Waals surface area contributed by atoms with Crippen molar-refractivity contribution < 1.29 is 13.9 Å². The third-order valence-electron chi connectivity index (χ3n) is 5.75. The fourth-order valence-electron chi connectivity index (χ4n) is 3.57. The molecule has 4 aromatic rings. The number of nitrogens with zero attached hydrogens (tertiary/aromatic N) is 6. The van der Waals surface area contributed by atoms with Gasteiger partial charge in [0.05, 0.1) is 29.8 Å². The summed E-state index contributed by atoms with van der Waals surface area (Å²) < 4.78 is 24.1. The molecule has 0 fully saturated rings. The molecule has 200 valence electrons. The predicted octanol–water partition coefficient (Wildman–Crippen LogP) is 5.11. The second kappa shape index (κ2) is 11.0. The highest BCUT2D eigenvalue weighted by atomic mass is 19.1. The zero-order chi connectivity index (χ0) is 27.4. The number of aryl methyl sites for hydroxylation is 1. The molecular weight excluding hydrogens is 487 g/mol. The molecule has 4 rings (SSSR count). The zero-order valence-corrected chi connectivity index (χ0v) is 22.5. The lowest BCUT2D eigenvalue weighted by Gasteiger charge is -2.13. The van der Waals surface area contributed by atoms with Gasteiger partial charge >= 0.3 is 6.03 Å². The standard InChI is InChI=1S/C27H33FN8O2/c1-27(2,3)24-15-25(35(6)33-24)32-26(37)31-22-8-7-19(13-21(22)28)38-20-9-10-29-23(14-20)18-16-30-36(17-18)12-11-34(4)5/h7-10,13-17H,11-12H2,1-6H3,(H2,31,32,37). The number of likely N-dealkylation sites (N-methyl/N-ethyl adjacent to an activating group) is 1. The minimum Gasteiger partial charge on any atom is -0.457 e. The number of hydrogen-bond donors (Lipinski definition) is 2. The molecule has 2 N–H and O–H groups in total. The van der Waals surface area contributed by atoms with Gasteiger partial charge < -0.3 is 15.0 Å². The molecule has 0 spiro atoms. The average molecular weight is 521 g/mol. The molecule has 0 aliphatic heterocycles. The summed E-state index contributed by atoms with van der Waals surface area (Å²) in [5.41, 5.74) is 2.24. The summed E-state index contributed by atoms with van der Waals surface area (Å²) in [7, 11) is 5.76. The molecule has 11 heteroatoms. The molecule has 0 unspecified atom stereocenters. The number of rotatable bonds is 8. The summed E-state index contributed by atoms with van der Waals surface area (Å²) >= 11 is 0. The van der Waals surface area contributed by atoms with Crippen LogP contribution in [0, 0.1) is 5.82 Å². The first-order chi connectivity index (χ1) is 18.0. The Hall–Kier alpha value is -4.25. The van der Waals surface area contributed by atoms with Crippen LogP contribution < -0.4 is 15.4 Å². The van der Waals surface area contributed by atoms with E-state index in [2.05, 4.69) is 30.7 Å². The first-order valence-corrected chi connectivity index (χ1v) is 12.2. The molecular formula is C27H33FN8O2. The van der Waals surface area contributed by atoms with Gasteiger partial charge in [-0.25, -0.2) is 9.18 Å². The SMILES string of the molecule is CN(C)CCn1cc(-c2cc(Oc3ccc(NC(=O)Nc4cc(C(C)(C)C)nn4C)c(F)c3)ccn2)cn1. The first-order valence-electron chi connectivity index (χ1n) is 12.2. The van der Waals surface area contributed by atoms with Crippen molar-refractivity contribution in [1.29, 1.82) is 0 Å². The number of aromatic nitrogens is 5. The predicted molar refractivity (Wildman–Crippen MR) is 145 cm³/mol. The molecule has 1 aromatic carbocycles. The van der Waals surface area contributed by atoms with Crippen LogP contribution in [-0.4, -0.2) is 56.1 Å². The molecule has 0 aliphatic carbocycles. The molecule has 38 heavy (non-hydrogen) atoms. The van der Waals surface area contributed by atoms with Crippen molar-refractivity contribution in [2.45, 2.75) is 32.7 Å². The van der Waals surface area contributed by atoms with Crippen LogP contribution in [0.4, 0.5) is 20.7 Å². The van der Waals surface area contributed by atoms with E-state index in [1.807, 2.05) is 45.7 Å². The Labute approximate surface area is 221 Å². The number of carbonyl (C=O) groups is 1. The minimum atomic E-state index is -0.630. The van der Waals surface area contributed by atoms with Crippen LogP contribution >= 0.6 is 0 Å². The number of amides is 2. The van der Waals surface area contributed by atoms with Crippen molar-refractivity contribution >= 4 is 17.5 Å². The molecule has 10 nitrogen and oxygen atoms in total. The smallest absolute Gasteiger partial charge is 0.324 e. The van der Waals surface area contributed by atoms with Gasteiger partial charge in [0.1, 0.15) is 23.1 Å². The van der Waals surface area contributed by atoms with Crippen LogP contribution in [0.15, 0.2) is 55.0 Å². The van der Waals surface area contributed by atoms with Crippen molar-refractivity contribution in [3.63, 3.8) is 0 Å². The molecule has 3 aromatic heterocycles. The van der Waals surface area contributed by atoms with Gasteiger partial charge in [0.25, 0.3) is 0 Å². The molecule has 3 heterocycles. The number of carbonyl (C=O) groups excluding carboxylic acids is 1. The second-order valence-corrected chi connectivity index (χ2v) is 10.3. The maximum atomic E-state index is 14.8. The van der Waals surface area contributed by atoms with Crippen LogP contribution in [0.2, 0.25) is 0 Å². The number of hydrogen-bond acceptors (Lipinski definition) is 6. The minimum absolute atomic E-state index is 0.0219. The lowest BCUT2D eigenvalue weighted by molar-refractivity contribution is 0.262. The quantitative estimate of drug-likeness (QED) is 0.335. The number of pyridine rings is 1. The van der Waals surface area contributed by atoms with Crippen LogP contribution in [0.25, 0.3) is 11.3 Å². The van der Waals surface area contributed by atoms with E-state index < -0.39 is 11.8 Å². The maximum absolute atomic E-state index is 14.8. The van der Waals surface area contributed by atoms with E-state index in [0.717, 1.165) is 24.3 Å². The van der Waals surface area contributed by atoms with Crippen LogP contribution in [0.5, 0.6) is 11.5 Å². The van der Waals surface area contributed by atoms with Crippen LogP contribution in [-0.2, 0) is 19.0 Å². The summed E-state index contributed by atoms with van der Waals surface area (Å²) in [5.74, 6) is 0.660. The highest BCUT2D eigenvalue weighted by Crippen LogP contribution is 2.28. The van der Waals surface area contributed by atoms with E-state index in [1.165, 1.54) is 12.1 Å². The van der Waals surface area contributed by atoms with E-state index in [4.69, 9.17) is 4.74 Å². The first kappa shape index (κ1) is 26.8. The van der Waals surface area contributed by atoms with E-state index in [0.29, 0.717) is 17.3 Å². The van der Waals surface area contributed by atoms with Gasteiger partial charge in [-0.2, -0.15) is 10.2 Å². The summed E-state index contributed by atoms with van der Waals surface area (Å²) in [4.78, 5) is 19.0. The fourth-order valence-corrected chi connectivity index (χ4v) is 3.57. The van der Waals surface area contributed by atoms with Gasteiger partial charge in [-0.3, -0.25) is 19.7 Å². The second-order valence-electron chi connectivity index (χ2n) is 10.3. The Kier molecular flexibility index (Phi) is 7.77. The summed E-state index contributed by atoms with van der Waals surface area (Å²) in [5, 5.41) is 14.0. The molecule has 0 saturated heterocycles. The lowest BCUT2D eigenvalue weighted by atomic mass is 9.92. The Morgan fingerprint density at radius 2 is 1.87 bits per heavy atom. The van der Waals surface area contributed by atoms with E-state index in [1.54, 1.807) is 48.4 Å². The third kappa shape index (κ3) is 6.74. The summed E-state index contributed by atoms with van der Waals surface area (Å²) in [6, 6.07) is 8.93. The molecule has 0 saturated carbocycles. The van der Waals surface area contributed by atoms with Gasteiger partial charge in [0, 0.05) is 55.2 Å². The molecule has 2 amide bonds. The van der Waals surface area contributed by atoms with Crippen LogP contribution in [0.1, 0.15) is 26.5 Å². The Morgan fingerprint density at radius 1 is 1.11 bits per heavy atom. The molecule has 0 aliphatic rings. The number of ether oxygens (including phenoxy) is 1.